The number of ether oxygens (including phenoxy) is 1. The molecule has 0 saturated carbocycles. The minimum absolute atomic E-state index is 0.128. The molecular weight excluding hydrogens is 462 g/mol. The summed E-state index contributed by atoms with van der Waals surface area (Å²) in [7, 11) is 0. The summed E-state index contributed by atoms with van der Waals surface area (Å²) in [6, 6.07) is 30.1. The zero-order valence-corrected chi connectivity index (χ0v) is 20.5. The quantitative estimate of drug-likeness (QED) is 0.260. The van der Waals surface area contributed by atoms with Crippen molar-refractivity contribution >= 4 is 28.7 Å². The molecule has 1 heterocycles. The topological polar surface area (TPSA) is 75.6 Å². The van der Waals surface area contributed by atoms with E-state index in [0.717, 1.165) is 46.1 Å². The Morgan fingerprint density at radius 3 is 2.19 bits per heavy atom. The summed E-state index contributed by atoms with van der Waals surface area (Å²) >= 11 is 0. The molecule has 37 heavy (non-hydrogen) atoms. The molecule has 0 unspecified atom stereocenters. The molecule has 186 valence electrons. The molecule has 0 fully saturated rings. The van der Waals surface area contributed by atoms with Crippen molar-refractivity contribution in [3.05, 3.63) is 119 Å². The van der Waals surface area contributed by atoms with E-state index in [0.29, 0.717) is 18.5 Å². The highest BCUT2D eigenvalue weighted by Gasteiger charge is 2.37. The Hall–Kier alpha value is -4.38. The fraction of sp³-hybridized carbons (Fsp3) is 0.188. The van der Waals surface area contributed by atoms with Gasteiger partial charge >= 0.3 is 5.97 Å². The van der Waals surface area contributed by atoms with Crippen LogP contribution in [0.3, 0.4) is 0 Å². The summed E-state index contributed by atoms with van der Waals surface area (Å²) < 4.78 is 6.77. The maximum atomic E-state index is 12.7. The molecule has 0 saturated heterocycles. The lowest BCUT2D eigenvalue weighted by atomic mass is 9.83. The first-order chi connectivity index (χ1) is 18.1. The normalized spacial score (nSPS) is 13.5. The van der Waals surface area contributed by atoms with E-state index in [1.165, 1.54) is 0 Å². The summed E-state index contributed by atoms with van der Waals surface area (Å²) in [6.07, 6.45) is 6.56. The monoisotopic (exact) mass is 491 g/mol. The maximum Gasteiger partial charge on any atom is 0.303 e. The Labute approximate surface area is 216 Å². The zero-order chi connectivity index (χ0) is 25.7. The first-order valence-corrected chi connectivity index (χ1v) is 12.6. The Kier molecular flexibility index (Phi) is 7.04. The van der Waals surface area contributed by atoms with Crippen LogP contribution in [-0.4, -0.2) is 23.5 Å². The second-order valence-electron chi connectivity index (χ2n) is 9.28. The van der Waals surface area contributed by atoms with Crippen LogP contribution in [0.5, 0.6) is 5.75 Å². The summed E-state index contributed by atoms with van der Waals surface area (Å²) in [4.78, 5) is 23.3. The molecule has 4 aromatic rings. The van der Waals surface area contributed by atoms with E-state index in [1.54, 1.807) is 0 Å². The third-order valence-electron chi connectivity index (χ3n) is 6.80. The zero-order valence-electron chi connectivity index (χ0n) is 20.5. The van der Waals surface area contributed by atoms with Gasteiger partial charge < -0.3 is 15.2 Å². The number of carbonyl (C=O) groups excluding carboxylic acids is 1. The van der Waals surface area contributed by atoms with Gasteiger partial charge in [-0.2, -0.15) is 0 Å². The lowest BCUT2D eigenvalue weighted by Crippen LogP contribution is -2.34. The number of rotatable bonds is 9. The van der Waals surface area contributed by atoms with E-state index in [-0.39, 0.29) is 12.3 Å². The van der Waals surface area contributed by atoms with Crippen molar-refractivity contribution in [2.24, 2.45) is 0 Å². The minimum atomic E-state index is -0.784. The van der Waals surface area contributed by atoms with Gasteiger partial charge in [-0.1, -0.05) is 79.2 Å². The van der Waals surface area contributed by atoms with Crippen LogP contribution in [0.25, 0.3) is 16.8 Å². The summed E-state index contributed by atoms with van der Waals surface area (Å²) in [6.45, 7) is 0.526. The van der Waals surface area contributed by atoms with Gasteiger partial charge in [0.25, 0.3) is 5.91 Å². The van der Waals surface area contributed by atoms with Gasteiger partial charge in [-0.05, 0) is 54.0 Å². The van der Waals surface area contributed by atoms with Crippen LogP contribution in [0.2, 0.25) is 0 Å². The molecule has 0 radical (unpaired) electrons. The van der Waals surface area contributed by atoms with E-state index in [2.05, 4.69) is 41.7 Å². The van der Waals surface area contributed by atoms with Crippen LogP contribution >= 0.6 is 0 Å². The van der Waals surface area contributed by atoms with Gasteiger partial charge in [-0.3, -0.25) is 9.59 Å². The number of aliphatic carboxylic acids is 1. The number of hydrogen-bond acceptors (Lipinski definition) is 3. The summed E-state index contributed by atoms with van der Waals surface area (Å²) in [5, 5.41) is 13.6. The van der Waals surface area contributed by atoms with Crippen molar-refractivity contribution in [3.63, 3.8) is 0 Å². The van der Waals surface area contributed by atoms with Crippen molar-refractivity contribution < 1.29 is 19.4 Å². The standard InChI is InChI=1S/C32H29NO4/c34-30(35)14-8-3-9-21-33-31(36)24-15-17-27-23(22-24)16-18-29-28(27)19-20-32(37-29,25-10-4-1-5-11-25)26-12-6-2-7-13-26/h1-2,4-7,10-13,15-20,22H,3,8-9,14,21H2,(H,33,36)(H,34,35). The number of amides is 1. The van der Waals surface area contributed by atoms with Crippen LogP contribution in [0.4, 0.5) is 0 Å². The average Bonchev–Trinajstić information content (AvgIpc) is 2.94. The maximum absolute atomic E-state index is 12.7. The second kappa shape index (κ2) is 10.7. The highest BCUT2D eigenvalue weighted by atomic mass is 16.5. The van der Waals surface area contributed by atoms with E-state index in [9.17, 15) is 9.59 Å². The van der Waals surface area contributed by atoms with Gasteiger partial charge in [0, 0.05) is 35.2 Å². The highest BCUT2D eigenvalue weighted by Crippen LogP contribution is 2.44. The molecular formula is C32H29NO4. The van der Waals surface area contributed by atoms with E-state index in [4.69, 9.17) is 9.84 Å². The predicted molar refractivity (Wildman–Crippen MR) is 146 cm³/mol. The average molecular weight is 492 g/mol. The van der Waals surface area contributed by atoms with Crippen LogP contribution in [0.15, 0.2) is 97.1 Å². The molecule has 5 nitrogen and oxygen atoms in total. The van der Waals surface area contributed by atoms with Gasteiger partial charge in [0.15, 0.2) is 5.60 Å². The molecule has 5 heteroatoms. The number of hydrogen-bond donors (Lipinski definition) is 2. The van der Waals surface area contributed by atoms with Crippen LogP contribution < -0.4 is 10.1 Å². The molecule has 1 aliphatic rings. The number of carboxylic acid groups (broad SMARTS) is 1. The first-order valence-electron chi connectivity index (χ1n) is 12.6. The van der Waals surface area contributed by atoms with Gasteiger partial charge in [0.05, 0.1) is 0 Å². The SMILES string of the molecule is O=C(O)CCCCCNC(=O)c1ccc2c3c(ccc2c1)OC(c1ccccc1)(c1ccccc1)C=C3. The molecule has 2 N–H and O–H groups in total. The highest BCUT2D eigenvalue weighted by molar-refractivity contribution is 6.01. The third kappa shape index (κ3) is 5.12. The number of nitrogens with one attached hydrogen (secondary N) is 1. The molecule has 0 aliphatic carbocycles. The number of unbranched alkanes of at least 4 members (excludes halogenated alkanes) is 2. The van der Waals surface area contributed by atoms with Crippen LogP contribution in [-0.2, 0) is 10.4 Å². The van der Waals surface area contributed by atoms with E-state index < -0.39 is 11.6 Å². The Morgan fingerprint density at radius 1 is 0.811 bits per heavy atom. The van der Waals surface area contributed by atoms with Crippen molar-refractivity contribution in [2.75, 3.05) is 6.54 Å². The summed E-state index contributed by atoms with van der Waals surface area (Å²) in [5.74, 6) is -0.119. The lowest BCUT2D eigenvalue weighted by Gasteiger charge is -2.36. The van der Waals surface area contributed by atoms with Gasteiger partial charge in [0.1, 0.15) is 5.75 Å². The number of fused-ring (bicyclic) bond motifs is 3. The first kappa shape index (κ1) is 24.3. The number of carbonyl (C=O) groups is 2. The van der Waals surface area contributed by atoms with Crippen molar-refractivity contribution in [3.8, 4) is 5.75 Å². The number of benzene rings is 4. The smallest absolute Gasteiger partial charge is 0.303 e. The Bertz CT molecular complexity index is 1400. The molecule has 0 atom stereocenters. The molecule has 0 bridgehead atoms. The van der Waals surface area contributed by atoms with Crippen LogP contribution in [0.1, 0.15) is 52.7 Å². The van der Waals surface area contributed by atoms with Gasteiger partial charge in [-0.15, -0.1) is 0 Å². The molecule has 0 spiro atoms. The van der Waals surface area contributed by atoms with Crippen molar-refractivity contribution in [1.82, 2.24) is 5.32 Å². The molecule has 0 aromatic heterocycles. The van der Waals surface area contributed by atoms with Crippen molar-refractivity contribution in [2.45, 2.75) is 31.3 Å². The molecule has 1 aliphatic heterocycles. The molecule has 4 aromatic carbocycles. The fourth-order valence-corrected chi connectivity index (χ4v) is 4.87. The fourth-order valence-electron chi connectivity index (χ4n) is 4.87. The van der Waals surface area contributed by atoms with Gasteiger partial charge in [0.2, 0.25) is 0 Å². The van der Waals surface area contributed by atoms with Gasteiger partial charge in [-0.25, -0.2) is 0 Å². The Morgan fingerprint density at radius 2 is 1.51 bits per heavy atom. The second-order valence-corrected chi connectivity index (χ2v) is 9.28. The lowest BCUT2D eigenvalue weighted by molar-refractivity contribution is -0.137. The van der Waals surface area contributed by atoms with E-state index >= 15 is 0 Å². The Balaban J connectivity index is 1.38. The van der Waals surface area contributed by atoms with Crippen molar-refractivity contribution in [1.29, 1.82) is 0 Å². The minimum Gasteiger partial charge on any atom is -0.481 e. The van der Waals surface area contributed by atoms with Crippen LogP contribution in [0, 0.1) is 0 Å². The predicted octanol–water partition coefficient (Wildman–Crippen LogP) is 6.56. The largest absolute Gasteiger partial charge is 0.481 e. The third-order valence-corrected chi connectivity index (χ3v) is 6.80. The molecule has 1 amide bonds. The molecule has 5 rings (SSSR count). The summed E-state index contributed by atoms with van der Waals surface area (Å²) in [5.41, 5.74) is 2.97. The number of carboxylic acids is 1. The van der Waals surface area contributed by atoms with E-state index in [1.807, 2.05) is 66.7 Å².